The van der Waals surface area contributed by atoms with E-state index in [0.29, 0.717) is 33.2 Å². The second kappa shape index (κ2) is 8.74. The van der Waals surface area contributed by atoms with E-state index in [1.54, 1.807) is 35.7 Å². The molecule has 0 spiro atoms. The Labute approximate surface area is 170 Å². The molecule has 0 radical (unpaired) electrons. The van der Waals surface area contributed by atoms with E-state index in [9.17, 15) is 14.0 Å². The summed E-state index contributed by atoms with van der Waals surface area (Å²) in [5, 5.41) is 4.77. The van der Waals surface area contributed by atoms with Crippen molar-refractivity contribution in [1.29, 1.82) is 0 Å². The van der Waals surface area contributed by atoms with Crippen molar-refractivity contribution in [2.24, 2.45) is 0 Å². The molecule has 6 nitrogen and oxygen atoms in total. The molecular formula is C21H18FNO5S. The molecular weight excluding hydrogens is 397 g/mol. The normalized spacial score (nSPS) is 10.3. The van der Waals surface area contributed by atoms with Gasteiger partial charge in [0.1, 0.15) is 27.9 Å². The molecule has 0 aliphatic heterocycles. The van der Waals surface area contributed by atoms with E-state index in [1.807, 2.05) is 0 Å². The van der Waals surface area contributed by atoms with Crippen LogP contribution < -0.4 is 14.8 Å². The zero-order valence-corrected chi connectivity index (χ0v) is 16.8. The average molecular weight is 415 g/mol. The van der Waals surface area contributed by atoms with E-state index in [1.165, 1.54) is 44.8 Å². The Hall–Kier alpha value is -3.39. The Balaban J connectivity index is 1.98. The predicted octanol–water partition coefficient (Wildman–Crippen LogP) is 4.61. The minimum absolute atomic E-state index is 0.201. The summed E-state index contributed by atoms with van der Waals surface area (Å²) in [5.41, 5.74) is 1.67. The number of amides is 1. The lowest BCUT2D eigenvalue weighted by atomic mass is 10.0. The van der Waals surface area contributed by atoms with Crippen LogP contribution in [0, 0.1) is 5.82 Å². The number of carbonyl (C=O) groups is 2. The Morgan fingerprint density at radius 2 is 1.59 bits per heavy atom. The van der Waals surface area contributed by atoms with Gasteiger partial charge in [-0.15, -0.1) is 11.3 Å². The van der Waals surface area contributed by atoms with Gasteiger partial charge in [0, 0.05) is 22.6 Å². The molecule has 1 heterocycles. The summed E-state index contributed by atoms with van der Waals surface area (Å²) in [7, 11) is 4.23. The van der Waals surface area contributed by atoms with Gasteiger partial charge in [0.2, 0.25) is 0 Å². The van der Waals surface area contributed by atoms with Crippen LogP contribution in [0.5, 0.6) is 11.5 Å². The van der Waals surface area contributed by atoms with Gasteiger partial charge in [-0.1, -0.05) is 12.1 Å². The number of hydrogen-bond acceptors (Lipinski definition) is 6. The molecule has 1 amide bonds. The molecule has 0 fully saturated rings. The molecule has 8 heteroatoms. The van der Waals surface area contributed by atoms with Gasteiger partial charge in [-0.25, -0.2) is 9.18 Å². The Bertz CT molecular complexity index is 1020. The molecule has 0 saturated carbocycles. The van der Waals surface area contributed by atoms with E-state index in [-0.39, 0.29) is 11.4 Å². The monoisotopic (exact) mass is 415 g/mol. The highest BCUT2D eigenvalue weighted by Crippen LogP contribution is 2.36. The first-order valence-corrected chi connectivity index (χ1v) is 9.35. The summed E-state index contributed by atoms with van der Waals surface area (Å²) in [6, 6.07) is 10.5. The number of nitrogens with one attached hydrogen (secondary N) is 1. The molecule has 0 saturated heterocycles. The van der Waals surface area contributed by atoms with Gasteiger partial charge in [0.05, 0.1) is 21.3 Å². The van der Waals surface area contributed by atoms with Gasteiger partial charge in [0.25, 0.3) is 5.91 Å². The molecule has 0 unspecified atom stereocenters. The Kier molecular flexibility index (Phi) is 6.13. The first kappa shape index (κ1) is 20.3. The second-order valence-corrected chi connectivity index (χ2v) is 6.79. The number of benzene rings is 2. The third-order valence-electron chi connectivity index (χ3n) is 4.18. The van der Waals surface area contributed by atoms with E-state index < -0.39 is 11.9 Å². The molecule has 3 rings (SSSR count). The lowest BCUT2D eigenvalue weighted by molar-refractivity contribution is 0.0603. The number of ether oxygens (including phenoxy) is 3. The van der Waals surface area contributed by atoms with Crippen molar-refractivity contribution in [1.82, 2.24) is 0 Å². The van der Waals surface area contributed by atoms with E-state index in [2.05, 4.69) is 5.32 Å². The van der Waals surface area contributed by atoms with Crippen LogP contribution in [0.2, 0.25) is 0 Å². The number of methoxy groups -OCH3 is 3. The second-order valence-electron chi connectivity index (χ2n) is 5.91. The molecule has 1 aromatic heterocycles. The van der Waals surface area contributed by atoms with Gasteiger partial charge in [-0.3, -0.25) is 4.79 Å². The third-order valence-corrected chi connectivity index (χ3v) is 5.07. The zero-order valence-electron chi connectivity index (χ0n) is 15.9. The summed E-state index contributed by atoms with van der Waals surface area (Å²) < 4.78 is 28.5. The molecule has 29 heavy (non-hydrogen) atoms. The summed E-state index contributed by atoms with van der Waals surface area (Å²) in [6.45, 7) is 0. The molecule has 150 valence electrons. The molecule has 2 aromatic carbocycles. The van der Waals surface area contributed by atoms with Gasteiger partial charge in [-0.05, 0) is 29.8 Å². The Morgan fingerprint density at radius 3 is 2.14 bits per heavy atom. The minimum Gasteiger partial charge on any atom is -0.497 e. The van der Waals surface area contributed by atoms with Crippen molar-refractivity contribution < 1.29 is 28.2 Å². The summed E-state index contributed by atoms with van der Waals surface area (Å²) >= 11 is 1.17. The van der Waals surface area contributed by atoms with Crippen LogP contribution in [0.15, 0.2) is 47.8 Å². The van der Waals surface area contributed by atoms with Crippen molar-refractivity contribution in [2.75, 3.05) is 26.6 Å². The van der Waals surface area contributed by atoms with Crippen LogP contribution in [0.3, 0.4) is 0 Å². The van der Waals surface area contributed by atoms with Gasteiger partial charge in [-0.2, -0.15) is 0 Å². The molecule has 0 bridgehead atoms. The minimum atomic E-state index is -0.607. The maximum Gasteiger partial charge on any atom is 0.341 e. The fraction of sp³-hybridized carbons (Fsp3) is 0.143. The van der Waals surface area contributed by atoms with Crippen LogP contribution in [0.25, 0.3) is 11.1 Å². The first-order valence-electron chi connectivity index (χ1n) is 8.47. The maximum absolute atomic E-state index is 13.2. The van der Waals surface area contributed by atoms with Crippen molar-refractivity contribution in [3.05, 3.63) is 64.8 Å². The van der Waals surface area contributed by atoms with Crippen molar-refractivity contribution in [2.45, 2.75) is 0 Å². The van der Waals surface area contributed by atoms with Crippen LogP contribution in [-0.2, 0) is 4.74 Å². The fourth-order valence-electron chi connectivity index (χ4n) is 2.71. The molecule has 0 aliphatic rings. The van der Waals surface area contributed by atoms with Gasteiger partial charge < -0.3 is 19.5 Å². The first-order chi connectivity index (χ1) is 14.0. The molecule has 0 atom stereocenters. The zero-order chi connectivity index (χ0) is 21.0. The number of halogens is 1. The van der Waals surface area contributed by atoms with E-state index >= 15 is 0 Å². The SMILES string of the molecule is COC(=O)c1c(-c2ccc(F)cc2)csc1NC(=O)c1cc(OC)cc(OC)c1. The topological polar surface area (TPSA) is 73.9 Å². The van der Waals surface area contributed by atoms with E-state index in [4.69, 9.17) is 14.2 Å². The van der Waals surface area contributed by atoms with Crippen molar-refractivity contribution in [3.63, 3.8) is 0 Å². The number of thiophene rings is 1. The fourth-order valence-corrected chi connectivity index (χ4v) is 3.66. The van der Waals surface area contributed by atoms with Crippen LogP contribution in [0.4, 0.5) is 9.39 Å². The number of esters is 1. The number of carbonyl (C=O) groups excluding carboxylic acids is 2. The number of anilines is 1. The molecule has 1 N–H and O–H groups in total. The number of hydrogen-bond donors (Lipinski definition) is 1. The van der Waals surface area contributed by atoms with Gasteiger partial charge in [0.15, 0.2) is 0 Å². The van der Waals surface area contributed by atoms with Crippen molar-refractivity contribution in [3.8, 4) is 22.6 Å². The van der Waals surface area contributed by atoms with Crippen LogP contribution in [-0.4, -0.2) is 33.2 Å². The predicted molar refractivity (Wildman–Crippen MR) is 109 cm³/mol. The summed E-state index contributed by atoms with van der Waals surface area (Å²) in [5.74, 6) is -0.519. The van der Waals surface area contributed by atoms with Crippen LogP contribution in [0.1, 0.15) is 20.7 Å². The lowest BCUT2D eigenvalue weighted by Crippen LogP contribution is -2.14. The standard InChI is InChI=1S/C21H18FNO5S/c1-26-15-8-13(9-16(10-15)27-2)19(24)23-20-18(21(25)28-3)17(11-29-20)12-4-6-14(22)7-5-12/h4-11H,1-3H3,(H,23,24). The van der Waals surface area contributed by atoms with E-state index in [0.717, 1.165) is 0 Å². The largest absolute Gasteiger partial charge is 0.497 e. The highest BCUT2D eigenvalue weighted by atomic mass is 32.1. The quantitative estimate of drug-likeness (QED) is 0.595. The molecule has 0 aliphatic carbocycles. The van der Waals surface area contributed by atoms with Gasteiger partial charge >= 0.3 is 5.97 Å². The third kappa shape index (κ3) is 4.38. The number of rotatable bonds is 6. The lowest BCUT2D eigenvalue weighted by Gasteiger charge is -2.10. The Morgan fingerprint density at radius 1 is 0.966 bits per heavy atom. The smallest absolute Gasteiger partial charge is 0.341 e. The van der Waals surface area contributed by atoms with Crippen molar-refractivity contribution >= 4 is 28.2 Å². The summed E-state index contributed by atoms with van der Waals surface area (Å²) in [4.78, 5) is 25.2. The highest BCUT2D eigenvalue weighted by molar-refractivity contribution is 7.15. The highest BCUT2D eigenvalue weighted by Gasteiger charge is 2.23. The average Bonchev–Trinajstić information content (AvgIpc) is 3.16. The summed E-state index contributed by atoms with van der Waals surface area (Å²) in [6.07, 6.45) is 0. The molecule has 3 aromatic rings. The maximum atomic E-state index is 13.2. The van der Waals surface area contributed by atoms with Crippen LogP contribution >= 0.6 is 11.3 Å².